The highest BCUT2D eigenvalue weighted by Gasteiger charge is 1.98. The van der Waals surface area contributed by atoms with Crippen LogP contribution in [0.25, 0.3) is 0 Å². The first-order valence-electron chi connectivity index (χ1n) is 5.83. The van der Waals surface area contributed by atoms with Gasteiger partial charge in [-0.3, -0.25) is 5.41 Å². The Morgan fingerprint density at radius 1 is 1.24 bits per heavy atom. The van der Waals surface area contributed by atoms with Crippen molar-refractivity contribution in [3.05, 3.63) is 35.4 Å². The second-order valence-electron chi connectivity index (χ2n) is 3.78. The topological polar surface area (TPSA) is 68.3 Å². The molecule has 0 atom stereocenters. The maximum absolute atomic E-state index is 7.34. The Morgan fingerprint density at radius 3 is 2.71 bits per heavy atom. The van der Waals surface area contributed by atoms with E-state index < -0.39 is 0 Å². The zero-order valence-electron chi connectivity index (χ0n) is 10.2. The fourth-order valence-electron chi connectivity index (χ4n) is 1.38. The molecule has 3 N–H and O–H groups in total. The van der Waals surface area contributed by atoms with Gasteiger partial charge in [0.1, 0.15) is 5.84 Å². The Bertz CT molecular complexity index is 353. The number of hydrogen-bond acceptors (Lipinski definition) is 3. The molecule has 0 saturated heterocycles. The van der Waals surface area contributed by atoms with Gasteiger partial charge in [0, 0.05) is 12.2 Å². The Kier molecular flexibility index (Phi) is 6.29. The lowest BCUT2D eigenvalue weighted by Gasteiger charge is -2.06. The Hall–Kier alpha value is -1.39. The largest absolute Gasteiger partial charge is 0.384 e. The van der Waals surface area contributed by atoms with Crippen LogP contribution in [0, 0.1) is 5.41 Å². The molecule has 0 aromatic heterocycles. The van der Waals surface area contributed by atoms with Crippen LogP contribution in [0.4, 0.5) is 0 Å². The minimum atomic E-state index is 0.0816. The SMILES string of the molecule is CCCOCCOCc1cccc(C(=N)N)c1. The first kappa shape index (κ1) is 13.7. The number of nitrogens with two attached hydrogens (primary N) is 1. The van der Waals surface area contributed by atoms with E-state index in [4.69, 9.17) is 20.6 Å². The maximum atomic E-state index is 7.34. The predicted molar refractivity (Wildman–Crippen MR) is 68.2 cm³/mol. The quantitative estimate of drug-likeness (QED) is 0.411. The fraction of sp³-hybridized carbons (Fsp3) is 0.462. The third kappa shape index (κ3) is 5.47. The second-order valence-corrected chi connectivity index (χ2v) is 3.78. The molecule has 0 bridgehead atoms. The van der Waals surface area contributed by atoms with Gasteiger partial charge in [-0.05, 0) is 18.1 Å². The van der Waals surface area contributed by atoms with Crippen LogP contribution >= 0.6 is 0 Å². The molecule has 0 aliphatic carbocycles. The molecule has 4 nitrogen and oxygen atoms in total. The smallest absolute Gasteiger partial charge is 0.122 e. The molecular weight excluding hydrogens is 216 g/mol. The first-order chi connectivity index (χ1) is 8.24. The van der Waals surface area contributed by atoms with E-state index in [0.717, 1.165) is 24.2 Å². The van der Waals surface area contributed by atoms with Crippen molar-refractivity contribution in [1.29, 1.82) is 5.41 Å². The zero-order valence-corrected chi connectivity index (χ0v) is 10.2. The van der Waals surface area contributed by atoms with Gasteiger partial charge in [0.05, 0.1) is 19.8 Å². The van der Waals surface area contributed by atoms with E-state index in [9.17, 15) is 0 Å². The lowest BCUT2D eigenvalue weighted by atomic mass is 10.1. The van der Waals surface area contributed by atoms with Crippen LogP contribution in [0.1, 0.15) is 24.5 Å². The summed E-state index contributed by atoms with van der Waals surface area (Å²) < 4.78 is 10.8. The van der Waals surface area contributed by atoms with Crippen LogP contribution in [-0.4, -0.2) is 25.7 Å². The van der Waals surface area contributed by atoms with Gasteiger partial charge in [-0.2, -0.15) is 0 Å². The highest BCUT2D eigenvalue weighted by Crippen LogP contribution is 2.05. The van der Waals surface area contributed by atoms with Crippen molar-refractivity contribution in [3.8, 4) is 0 Å². The van der Waals surface area contributed by atoms with Gasteiger partial charge in [-0.15, -0.1) is 0 Å². The first-order valence-corrected chi connectivity index (χ1v) is 5.83. The molecule has 17 heavy (non-hydrogen) atoms. The molecule has 0 aliphatic heterocycles. The summed E-state index contributed by atoms with van der Waals surface area (Å²) in [6, 6.07) is 7.52. The van der Waals surface area contributed by atoms with Gasteiger partial charge in [0.15, 0.2) is 0 Å². The van der Waals surface area contributed by atoms with E-state index >= 15 is 0 Å². The summed E-state index contributed by atoms with van der Waals surface area (Å²) in [5, 5.41) is 7.34. The van der Waals surface area contributed by atoms with E-state index in [2.05, 4.69) is 6.92 Å². The Balaban J connectivity index is 2.27. The van der Waals surface area contributed by atoms with Crippen molar-refractivity contribution >= 4 is 5.84 Å². The molecular formula is C13H20N2O2. The lowest BCUT2D eigenvalue weighted by molar-refractivity contribution is 0.0408. The molecule has 0 fully saturated rings. The maximum Gasteiger partial charge on any atom is 0.122 e. The summed E-state index contributed by atoms with van der Waals surface area (Å²) in [6.07, 6.45) is 1.03. The van der Waals surface area contributed by atoms with Gasteiger partial charge in [0.2, 0.25) is 0 Å². The van der Waals surface area contributed by atoms with Crippen LogP contribution in [0.5, 0.6) is 0 Å². The average molecular weight is 236 g/mol. The van der Waals surface area contributed by atoms with Crippen molar-refractivity contribution in [1.82, 2.24) is 0 Å². The molecule has 1 rings (SSSR count). The van der Waals surface area contributed by atoms with E-state index in [-0.39, 0.29) is 5.84 Å². The molecule has 4 heteroatoms. The molecule has 0 heterocycles. The third-order valence-electron chi connectivity index (χ3n) is 2.23. The standard InChI is InChI=1S/C13H20N2O2/c1-2-6-16-7-8-17-10-11-4-3-5-12(9-11)13(14)15/h3-5,9H,2,6-8,10H2,1H3,(H3,14,15). The van der Waals surface area contributed by atoms with Crippen molar-refractivity contribution in [2.45, 2.75) is 20.0 Å². The van der Waals surface area contributed by atoms with E-state index in [0.29, 0.717) is 19.8 Å². The molecule has 0 aliphatic rings. The van der Waals surface area contributed by atoms with Crippen LogP contribution in [0.3, 0.4) is 0 Å². The molecule has 1 aromatic carbocycles. The van der Waals surface area contributed by atoms with Crippen LogP contribution < -0.4 is 5.73 Å². The minimum Gasteiger partial charge on any atom is -0.384 e. The van der Waals surface area contributed by atoms with E-state index in [1.165, 1.54) is 0 Å². The summed E-state index contributed by atoms with van der Waals surface area (Å²) in [4.78, 5) is 0. The van der Waals surface area contributed by atoms with Gasteiger partial charge in [0.25, 0.3) is 0 Å². The third-order valence-corrected chi connectivity index (χ3v) is 2.23. The summed E-state index contributed by atoms with van der Waals surface area (Å²) in [5.74, 6) is 0.0816. The van der Waals surface area contributed by atoms with Gasteiger partial charge in [-0.1, -0.05) is 25.1 Å². The van der Waals surface area contributed by atoms with Crippen molar-refractivity contribution < 1.29 is 9.47 Å². The van der Waals surface area contributed by atoms with Crippen LogP contribution in [0.2, 0.25) is 0 Å². The van der Waals surface area contributed by atoms with Crippen molar-refractivity contribution in [3.63, 3.8) is 0 Å². The number of benzene rings is 1. The van der Waals surface area contributed by atoms with Gasteiger partial charge < -0.3 is 15.2 Å². The van der Waals surface area contributed by atoms with Gasteiger partial charge >= 0.3 is 0 Å². The normalized spacial score (nSPS) is 10.4. The fourth-order valence-corrected chi connectivity index (χ4v) is 1.38. The average Bonchev–Trinajstić information content (AvgIpc) is 2.34. The number of ether oxygens (including phenoxy) is 2. The molecule has 0 amide bonds. The molecule has 1 aromatic rings. The number of amidine groups is 1. The van der Waals surface area contributed by atoms with Crippen molar-refractivity contribution in [2.75, 3.05) is 19.8 Å². The number of hydrogen-bond donors (Lipinski definition) is 2. The summed E-state index contributed by atoms with van der Waals surface area (Å²) in [7, 11) is 0. The van der Waals surface area contributed by atoms with E-state index in [1.54, 1.807) is 0 Å². The highest BCUT2D eigenvalue weighted by atomic mass is 16.5. The van der Waals surface area contributed by atoms with Crippen LogP contribution in [-0.2, 0) is 16.1 Å². The summed E-state index contributed by atoms with van der Waals surface area (Å²) in [5.41, 5.74) is 7.17. The summed E-state index contributed by atoms with van der Waals surface area (Å²) in [6.45, 7) is 4.60. The molecule has 0 spiro atoms. The van der Waals surface area contributed by atoms with Gasteiger partial charge in [-0.25, -0.2) is 0 Å². The molecule has 0 radical (unpaired) electrons. The monoisotopic (exact) mass is 236 g/mol. The van der Waals surface area contributed by atoms with Crippen LogP contribution in [0.15, 0.2) is 24.3 Å². The molecule has 0 saturated carbocycles. The van der Waals surface area contributed by atoms with E-state index in [1.807, 2.05) is 24.3 Å². The summed E-state index contributed by atoms with van der Waals surface area (Å²) >= 11 is 0. The Labute approximate surface area is 102 Å². The number of nitrogen functional groups attached to an aromatic ring is 1. The Morgan fingerprint density at radius 2 is 2.00 bits per heavy atom. The highest BCUT2D eigenvalue weighted by molar-refractivity contribution is 5.95. The molecule has 94 valence electrons. The minimum absolute atomic E-state index is 0.0816. The lowest BCUT2D eigenvalue weighted by Crippen LogP contribution is -2.11. The molecule has 0 unspecified atom stereocenters. The predicted octanol–water partition coefficient (Wildman–Crippen LogP) is 1.91. The number of nitrogens with one attached hydrogen (secondary N) is 1. The number of rotatable bonds is 8. The second kappa shape index (κ2) is 7.81. The zero-order chi connectivity index (χ0) is 12.5. The van der Waals surface area contributed by atoms with Crippen molar-refractivity contribution in [2.24, 2.45) is 5.73 Å².